The number of nitrogens with one attached hydrogen (secondary N) is 2. The lowest BCUT2D eigenvalue weighted by Crippen LogP contribution is -2.49. The van der Waals surface area contributed by atoms with Gasteiger partial charge in [0.25, 0.3) is 0 Å². The summed E-state index contributed by atoms with van der Waals surface area (Å²) in [5, 5.41) is 6.74. The van der Waals surface area contributed by atoms with Crippen molar-refractivity contribution in [1.82, 2.24) is 10.6 Å². The van der Waals surface area contributed by atoms with E-state index in [0.29, 0.717) is 12.1 Å². The number of amides is 1. The largest absolute Gasteiger partial charge is 0.352 e. The number of hydrogen-bond acceptors (Lipinski definition) is 2. The molecule has 2 atom stereocenters. The van der Waals surface area contributed by atoms with E-state index in [0.717, 1.165) is 18.8 Å². The van der Waals surface area contributed by atoms with Gasteiger partial charge < -0.3 is 10.6 Å². The maximum atomic E-state index is 12.2. The summed E-state index contributed by atoms with van der Waals surface area (Å²) in [7, 11) is 0. The quantitative estimate of drug-likeness (QED) is 0.758. The van der Waals surface area contributed by atoms with Crippen LogP contribution in [-0.4, -0.2) is 24.0 Å². The van der Waals surface area contributed by atoms with Gasteiger partial charge in [0.2, 0.25) is 5.91 Å². The normalized spacial score (nSPS) is 25.1. The molecule has 2 fully saturated rings. The maximum absolute atomic E-state index is 12.2. The predicted octanol–water partition coefficient (Wildman–Crippen LogP) is 3.38. The lowest BCUT2D eigenvalue weighted by molar-refractivity contribution is -0.123. The summed E-state index contributed by atoms with van der Waals surface area (Å²) in [4.78, 5) is 12.2. The second kappa shape index (κ2) is 8.02. The van der Waals surface area contributed by atoms with Crippen molar-refractivity contribution in [2.24, 2.45) is 5.92 Å². The Morgan fingerprint density at radius 2 is 1.45 bits per heavy atom. The van der Waals surface area contributed by atoms with Crippen molar-refractivity contribution in [3.63, 3.8) is 0 Å². The molecule has 1 amide bonds. The van der Waals surface area contributed by atoms with Crippen molar-refractivity contribution in [2.75, 3.05) is 0 Å². The maximum Gasteiger partial charge on any atom is 0.237 e. The molecule has 2 N–H and O–H groups in total. The lowest BCUT2D eigenvalue weighted by Gasteiger charge is -2.27. The summed E-state index contributed by atoms with van der Waals surface area (Å²) in [6, 6.07) is 0.825. The molecule has 2 rings (SSSR count). The lowest BCUT2D eigenvalue weighted by atomic mass is 9.92. The van der Waals surface area contributed by atoms with E-state index < -0.39 is 0 Å². The van der Waals surface area contributed by atoms with Crippen LogP contribution in [0.25, 0.3) is 0 Å². The highest BCUT2D eigenvalue weighted by molar-refractivity contribution is 5.81. The Balaban J connectivity index is 1.73. The molecule has 2 aliphatic rings. The van der Waals surface area contributed by atoms with Crippen LogP contribution in [0.2, 0.25) is 0 Å². The second-order valence-electron chi connectivity index (χ2n) is 6.92. The zero-order valence-corrected chi connectivity index (χ0v) is 13.3. The SMILES string of the molecule is CC(N[C@H](C)C1CCCCCC1)C(=O)NC1CCCC1. The minimum absolute atomic E-state index is 0.0612. The van der Waals surface area contributed by atoms with Gasteiger partial charge >= 0.3 is 0 Å². The summed E-state index contributed by atoms with van der Waals surface area (Å²) in [6.07, 6.45) is 13.0. The predicted molar refractivity (Wildman–Crippen MR) is 83.7 cm³/mol. The smallest absolute Gasteiger partial charge is 0.237 e. The highest BCUT2D eigenvalue weighted by atomic mass is 16.2. The van der Waals surface area contributed by atoms with Crippen LogP contribution in [0.15, 0.2) is 0 Å². The third-order valence-electron chi connectivity index (χ3n) is 5.21. The van der Waals surface area contributed by atoms with Crippen molar-refractivity contribution in [1.29, 1.82) is 0 Å². The first-order valence-corrected chi connectivity index (χ1v) is 8.73. The molecule has 3 nitrogen and oxygen atoms in total. The molecule has 20 heavy (non-hydrogen) atoms. The monoisotopic (exact) mass is 280 g/mol. The van der Waals surface area contributed by atoms with Gasteiger partial charge in [0.1, 0.15) is 0 Å². The van der Waals surface area contributed by atoms with E-state index in [-0.39, 0.29) is 11.9 Å². The van der Waals surface area contributed by atoms with E-state index in [9.17, 15) is 4.79 Å². The van der Waals surface area contributed by atoms with Gasteiger partial charge in [-0.2, -0.15) is 0 Å². The van der Waals surface area contributed by atoms with Crippen molar-refractivity contribution in [3.8, 4) is 0 Å². The van der Waals surface area contributed by atoms with Gasteiger partial charge in [-0.1, -0.05) is 38.5 Å². The summed E-state index contributed by atoms with van der Waals surface area (Å²) >= 11 is 0. The molecule has 116 valence electrons. The van der Waals surface area contributed by atoms with Crippen molar-refractivity contribution >= 4 is 5.91 Å². The highest BCUT2D eigenvalue weighted by Crippen LogP contribution is 2.25. The van der Waals surface area contributed by atoms with E-state index in [4.69, 9.17) is 0 Å². The first kappa shape index (κ1) is 15.8. The number of carbonyl (C=O) groups excluding carboxylic acids is 1. The number of hydrogen-bond donors (Lipinski definition) is 2. The minimum atomic E-state index is -0.0612. The van der Waals surface area contributed by atoms with E-state index in [1.165, 1.54) is 51.4 Å². The van der Waals surface area contributed by atoms with E-state index in [2.05, 4.69) is 17.6 Å². The molecule has 0 aromatic rings. The van der Waals surface area contributed by atoms with Gasteiger partial charge in [0.05, 0.1) is 6.04 Å². The Bertz CT molecular complexity index is 291. The third kappa shape index (κ3) is 4.76. The standard InChI is InChI=1S/C17H32N2O/c1-13(15-9-5-3-4-6-10-15)18-14(2)17(20)19-16-11-7-8-12-16/h13-16,18H,3-12H2,1-2H3,(H,19,20)/t13-,14?/m1/s1. The molecule has 0 heterocycles. The van der Waals surface area contributed by atoms with Crippen molar-refractivity contribution < 1.29 is 4.79 Å². The average Bonchev–Trinajstić information content (AvgIpc) is 2.78. The molecule has 1 unspecified atom stereocenters. The Morgan fingerprint density at radius 1 is 0.900 bits per heavy atom. The van der Waals surface area contributed by atoms with Gasteiger partial charge in [-0.15, -0.1) is 0 Å². The average molecular weight is 280 g/mol. The molecular formula is C17H32N2O. The summed E-state index contributed by atoms with van der Waals surface area (Å²) < 4.78 is 0. The molecule has 0 aromatic carbocycles. The zero-order chi connectivity index (χ0) is 14.4. The van der Waals surface area contributed by atoms with E-state index >= 15 is 0 Å². The second-order valence-corrected chi connectivity index (χ2v) is 6.92. The van der Waals surface area contributed by atoms with Gasteiger partial charge in [-0.25, -0.2) is 0 Å². The van der Waals surface area contributed by atoms with Crippen molar-refractivity contribution in [3.05, 3.63) is 0 Å². The minimum Gasteiger partial charge on any atom is -0.352 e. The highest BCUT2D eigenvalue weighted by Gasteiger charge is 2.24. The van der Waals surface area contributed by atoms with Crippen LogP contribution >= 0.6 is 0 Å². The first-order valence-electron chi connectivity index (χ1n) is 8.73. The molecular weight excluding hydrogens is 248 g/mol. The van der Waals surface area contributed by atoms with Gasteiger partial charge in [-0.05, 0) is 45.4 Å². The molecule has 2 saturated carbocycles. The molecule has 2 aliphatic carbocycles. The fourth-order valence-electron chi connectivity index (χ4n) is 3.81. The molecule has 0 saturated heterocycles. The zero-order valence-electron chi connectivity index (χ0n) is 13.3. The fourth-order valence-corrected chi connectivity index (χ4v) is 3.81. The van der Waals surface area contributed by atoms with Crippen molar-refractivity contribution in [2.45, 2.75) is 96.2 Å². The van der Waals surface area contributed by atoms with Crippen LogP contribution in [0.3, 0.4) is 0 Å². The molecule has 0 spiro atoms. The van der Waals surface area contributed by atoms with Crippen LogP contribution in [0, 0.1) is 5.92 Å². The third-order valence-corrected chi connectivity index (χ3v) is 5.21. The number of carbonyl (C=O) groups is 1. The van der Waals surface area contributed by atoms with Crippen LogP contribution < -0.4 is 10.6 Å². The Morgan fingerprint density at radius 3 is 2.05 bits per heavy atom. The Hall–Kier alpha value is -0.570. The van der Waals surface area contributed by atoms with Gasteiger partial charge in [-0.3, -0.25) is 4.79 Å². The molecule has 0 aliphatic heterocycles. The van der Waals surface area contributed by atoms with E-state index in [1.54, 1.807) is 0 Å². The van der Waals surface area contributed by atoms with Gasteiger partial charge in [0.15, 0.2) is 0 Å². The number of rotatable bonds is 5. The summed E-state index contributed by atoms with van der Waals surface area (Å²) in [5.74, 6) is 0.941. The fraction of sp³-hybridized carbons (Fsp3) is 0.941. The van der Waals surface area contributed by atoms with Crippen LogP contribution in [0.1, 0.15) is 78.1 Å². The molecule has 0 radical (unpaired) electrons. The first-order chi connectivity index (χ1) is 9.66. The van der Waals surface area contributed by atoms with Crippen LogP contribution in [-0.2, 0) is 4.79 Å². The van der Waals surface area contributed by atoms with Crippen LogP contribution in [0.4, 0.5) is 0 Å². The topological polar surface area (TPSA) is 41.1 Å². The van der Waals surface area contributed by atoms with Crippen LogP contribution in [0.5, 0.6) is 0 Å². The summed E-state index contributed by atoms with van der Waals surface area (Å²) in [5.41, 5.74) is 0. The Kier molecular flexibility index (Phi) is 6.34. The molecule has 0 aromatic heterocycles. The van der Waals surface area contributed by atoms with E-state index in [1.807, 2.05) is 6.92 Å². The molecule has 0 bridgehead atoms. The van der Waals surface area contributed by atoms with Gasteiger partial charge in [0, 0.05) is 12.1 Å². The molecule has 3 heteroatoms. The Labute approximate surface area is 124 Å². The summed E-state index contributed by atoms with van der Waals surface area (Å²) in [6.45, 7) is 4.27.